The Balaban J connectivity index is 1.73. The Kier molecular flexibility index (Phi) is 9.27. The van der Waals surface area contributed by atoms with Gasteiger partial charge in [0.25, 0.3) is 0 Å². The van der Waals surface area contributed by atoms with E-state index in [0.29, 0.717) is 40.3 Å². The molecule has 0 radical (unpaired) electrons. The molecule has 4 N–H and O–H groups in total. The van der Waals surface area contributed by atoms with Crippen LogP contribution in [0.4, 0.5) is 10.5 Å². The summed E-state index contributed by atoms with van der Waals surface area (Å²) in [5, 5.41) is 12.1. The van der Waals surface area contributed by atoms with Gasteiger partial charge >= 0.3 is 18.0 Å². The normalized spacial score (nSPS) is 17.0. The Morgan fingerprint density at radius 1 is 1.03 bits per heavy atom. The maximum Gasteiger partial charge on any atom is 0.336 e. The van der Waals surface area contributed by atoms with Gasteiger partial charge in [0, 0.05) is 49.8 Å². The first kappa shape index (κ1) is 26.2. The smallest absolute Gasteiger partial charge is 0.336 e. The van der Waals surface area contributed by atoms with Gasteiger partial charge in [-0.2, -0.15) is 0 Å². The minimum atomic E-state index is -0.708. The van der Waals surface area contributed by atoms with Crippen molar-refractivity contribution >= 4 is 23.7 Å². The van der Waals surface area contributed by atoms with Crippen molar-refractivity contribution in [1.29, 1.82) is 0 Å². The summed E-state index contributed by atoms with van der Waals surface area (Å²) in [5.41, 5.74) is 3.01. The van der Waals surface area contributed by atoms with E-state index in [1.165, 1.54) is 14.2 Å². The van der Waals surface area contributed by atoms with Crippen molar-refractivity contribution in [3.63, 3.8) is 0 Å². The molecule has 0 aliphatic carbocycles. The zero-order valence-electron chi connectivity index (χ0n) is 20.8. The van der Waals surface area contributed by atoms with Crippen LogP contribution in [0.3, 0.4) is 0 Å². The van der Waals surface area contributed by atoms with Crippen LogP contribution in [0.1, 0.15) is 31.7 Å². The molecule has 1 fully saturated rings. The predicted octanol–water partition coefficient (Wildman–Crippen LogP) is 1.68. The van der Waals surface area contributed by atoms with E-state index in [0.717, 1.165) is 39.1 Å². The number of rotatable bonds is 8. The van der Waals surface area contributed by atoms with Crippen molar-refractivity contribution in [2.24, 2.45) is 0 Å². The number of hydrogen-bond acceptors (Lipinski definition) is 8. The first-order valence-corrected chi connectivity index (χ1v) is 11.8. The zero-order valence-corrected chi connectivity index (χ0v) is 20.8. The summed E-state index contributed by atoms with van der Waals surface area (Å²) in [5.74, 6) is -1.80. The number of urea groups is 1. The van der Waals surface area contributed by atoms with Crippen molar-refractivity contribution in [3.05, 3.63) is 52.4 Å². The van der Waals surface area contributed by atoms with Gasteiger partial charge in [-0.05, 0) is 44.5 Å². The summed E-state index contributed by atoms with van der Waals surface area (Å²) in [6, 6.07) is 6.77. The predicted molar refractivity (Wildman–Crippen MR) is 133 cm³/mol. The molecule has 35 heavy (non-hydrogen) atoms. The second-order valence-electron chi connectivity index (χ2n) is 8.57. The molecule has 2 amide bonds. The van der Waals surface area contributed by atoms with Gasteiger partial charge in [0.15, 0.2) is 0 Å². The molecular weight excluding hydrogens is 450 g/mol. The average molecular weight is 486 g/mol. The summed E-state index contributed by atoms with van der Waals surface area (Å²) in [7, 11) is 2.60. The van der Waals surface area contributed by atoms with Gasteiger partial charge in [-0.1, -0.05) is 12.1 Å². The Labute approximate surface area is 206 Å². The summed E-state index contributed by atoms with van der Waals surface area (Å²) in [4.78, 5) is 40.2. The lowest BCUT2D eigenvalue weighted by atomic mass is 9.80. The van der Waals surface area contributed by atoms with Gasteiger partial charge in [0.1, 0.15) is 0 Å². The van der Waals surface area contributed by atoms with E-state index in [4.69, 9.17) is 9.47 Å². The molecule has 1 aromatic carbocycles. The number of ether oxygens (including phenoxy) is 2. The van der Waals surface area contributed by atoms with Crippen molar-refractivity contribution in [2.75, 3.05) is 58.8 Å². The Morgan fingerprint density at radius 2 is 1.66 bits per heavy atom. The molecule has 2 heterocycles. The van der Waals surface area contributed by atoms with Crippen LogP contribution in [0.5, 0.6) is 0 Å². The van der Waals surface area contributed by atoms with Crippen molar-refractivity contribution in [2.45, 2.75) is 26.2 Å². The van der Waals surface area contributed by atoms with E-state index < -0.39 is 17.9 Å². The molecule has 0 saturated carbocycles. The number of amides is 2. The highest BCUT2D eigenvalue weighted by atomic mass is 16.5. The second-order valence-corrected chi connectivity index (χ2v) is 8.57. The third-order valence-corrected chi connectivity index (χ3v) is 6.20. The molecule has 0 aromatic heterocycles. The molecule has 1 aromatic rings. The minimum Gasteiger partial charge on any atom is -0.466 e. The molecule has 3 rings (SSSR count). The number of dihydropyridines is 1. The zero-order chi connectivity index (χ0) is 25.4. The molecule has 10 heteroatoms. The Morgan fingerprint density at radius 3 is 2.26 bits per heavy atom. The molecule has 0 spiro atoms. The molecule has 2 aliphatic heterocycles. The number of allylic oxidation sites excluding steroid dienone is 2. The van der Waals surface area contributed by atoms with E-state index in [9.17, 15) is 14.4 Å². The first-order chi connectivity index (χ1) is 16.8. The van der Waals surface area contributed by atoms with Crippen LogP contribution >= 0.6 is 0 Å². The molecule has 0 bridgehead atoms. The standard InChI is InChI=1S/C25H35N5O5/c1-16-20(23(31)34-3)22(21(17(2)28-16)24(32)35-4)18-7-5-8-19(15-18)29-25(33)27-9-6-12-30-13-10-26-11-14-30/h5,7-8,15,22,26,28H,6,9-14H2,1-4H3,(H2,27,29,33). The van der Waals surface area contributed by atoms with Crippen LogP contribution in [0.25, 0.3) is 0 Å². The van der Waals surface area contributed by atoms with E-state index in [2.05, 4.69) is 26.2 Å². The number of nitrogens with zero attached hydrogens (tertiary/aromatic N) is 1. The van der Waals surface area contributed by atoms with Crippen LogP contribution in [-0.2, 0) is 19.1 Å². The number of carbonyl (C=O) groups is 3. The number of benzene rings is 1. The van der Waals surface area contributed by atoms with Gasteiger partial charge in [0.2, 0.25) is 0 Å². The van der Waals surface area contributed by atoms with Crippen LogP contribution in [0.2, 0.25) is 0 Å². The van der Waals surface area contributed by atoms with E-state index in [1.54, 1.807) is 38.1 Å². The monoisotopic (exact) mass is 485 g/mol. The summed E-state index contributed by atoms with van der Waals surface area (Å²) in [6.07, 6.45) is 0.863. The molecular formula is C25H35N5O5. The highest BCUT2D eigenvalue weighted by Crippen LogP contribution is 2.39. The van der Waals surface area contributed by atoms with Crippen molar-refractivity contribution in [1.82, 2.24) is 20.9 Å². The Hall–Kier alpha value is -3.37. The SMILES string of the molecule is COC(=O)C1=C(C)NC(C)=C(C(=O)OC)C1c1cccc(NC(=O)NCCCN2CCNCC2)c1. The van der Waals surface area contributed by atoms with Gasteiger partial charge in [-0.25, -0.2) is 14.4 Å². The third kappa shape index (κ3) is 6.61. The number of methoxy groups -OCH3 is 2. The molecule has 0 atom stereocenters. The highest BCUT2D eigenvalue weighted by Gasteiger charge is 2.37. The fourth-order valence-corrected chi connectivity index (χ4v) is 4.50. The lowest BCUT2D eigenvalue weighted by Gasteiger charge is -2.30. The van der Waals surface area contributed by atoms with E-state index in [1.807, 2.05) is 0 Å². The number of carbonyl (C=O) groups excluding carboxylic acids is 3. The number of nitrogens with one attached hydrogen (secondary N) is 4. The average Bonchev–Trinajstić information content (AvgIpc) is 2.86. The number of anilines is 1. The van der Waals surface area contributed by atoms with Gasteiger partial charge in [-0.3, -0.25) is 0 Å². The highest BCUT2D eigenvalue weighted by molar-refractivity contribution is 6.00. The van der Waals surface area contributed by atoms with Crippen molar-refractivity contribution < 1.29 is 23.9 Å². The van der Waals surface area contributed by atoms with E-state index in [-0.39, 0.29) is 6.03 Å². The third-order valence-electron chi connectivity index (χ3n) is 6.20. The topological polar surface area (TPSA) is 121 Å². The fourth-order valence-electron chi connectivity index (χ4n) is 4.50. The molecule has 0 unspecified atom stereocenters. The van der Waals surface area contributed by atoms with Gasteiger partial charge in [0.05, 0.1) is 31.3 Å². The maximum absolute atomic E-state index is 12.7. The summed E-state index contributed by atoms with van der Waals surface area (Å²) >= 11 is 0. The lowest BCUT2D eigenvalue weighted by molar-refractivity contribution is -0.137. The first-order valence-electron chi connectivity index (χ1n) is 11.8. The molecule has 190 valence electrons. The minimum absolute atomic E-state index is 0.312. The van der Waals surface area contributed by atoms with Crippen LogP contribution in [-0.4, -0.2) is 76.4 Å². The molecule has 2 aliphatic rings. The number of esters is 2. The van der Waals surface area contributed by atoms with Gasteiger partial charge < -0.3 is 35.6 Å². The molecule has 10 nitrogen and oxygen atoms in total. The Bertz CT molecular complexity index is 975. The summed E-state index contributed by atoms with van der Waals surface area (Å²) < 4.78 is 10.0. The number of hydrogen-bond donors (Lipinski definition) is 4. The number of piperazine rings is 1. The van der Waals surface area contributed by atoms with Crippen LogP contribution < -0.4 is 21.3 Å². The van der Waals surface area contributed by atoms with Crippen molar-refractivity contribution in [3.8, 4) is 0 Å². The maximum atomic E-state index is 12.7. The van der Waals surface area contributed by atoms with Crippen LogP contribution in [0, 0.1) is 0 Å². The fraction of sp³-hybridized carbons (Fsp3) is 0.480. The molecule has 1 saturated heterocycles. The second kappa shape index (κ2) is 12.4. The quantitative estimate of drug-likeness (QED) is 0.324. The summed E-state index contributed by atoms with van der Waals surface area (Å²) in [6.45, 7) is 9.07. The van der Waals surface area contributed by atoms with Gasteiger partial charge in [-0.15, -0.1) is 0 Å². The largest absolute Gasteiger partial charge is 0.466 e. The lowest BCUT2D eigenvalue weighted by Crippen LogP contribution is -2.44. The van der Waals surface area contributed by atoms with E-state index >= 15 is 0 Å². The van der Waals surface area contributed by atoms with Crippen LogP contribution in [0.15, 0.2) is 46.8 Å².